The Labute approximate surface area is 756 Å². The fourth-order valence-electron chi connectivity index (χ4n) is 14.2. The minimum Gasteiger partial charge on any atom is -0.463 e. The van der Waals surface area contributed by atoms with Gasteiger partial charge in [0.1, 0.15) is 29.0 Å². The summed E-state index contributed by atoms with van der Waals surface area (Å²) in [4.78, 5) is 105. The minimum absolute atomic E-state index is 0.0417. The third-order valence-corrected chi connectivity index (χ3v) is 20.6. The van der Waals surface area contributed by atoms with Crippen molar-refractivity contribution in [1.29, 1.82) is 0 Å². The largest absolute Gasteiger partial charge is 0.463 e. The van der Waals surface area contributed by atoms with Crippen molar-refractivity contribution in [3.63, 3.8) is 0 Å². The molecule has 0 bridgehead atoms. The Kier molecular flexibility index (Phi) is 23.3. The van der Waals surface area contributed by atoms with Crippen molar-refractivity contribution in [2.45, 2.75) is 13.8 Å². The molecule has 0 unspecified atom stereocenters. The van der Waals surface area contributed by atoms with E-state index in [9.17, 15) is 39.4 Å². The lowest BCUT2D eigenvalue weighted by Gasteiger charge is -2.11. The molecule has 0 spiro atoms. The second-order valence-corrected chi connectivity index (χ2v) is 30.1. The summed E-state index contributed by atoms with van der Waals surface area (Å²) < 4.78 is 5.42. The molecule has 0 fully saturated rings. The number of nitro groups is 2. The molecule has 22 rings (SSSR count). The third kappa shape index (κ3) is 19.9. The van der Waals surface area contributed by atoms with E-state index in [-0.39, 0.29) is 45.5 Å². The van der Waals surface area contributed by atoms with Crippen molar-refractivity contribution in [3.05, 3.63) is 352 Å². The van der Waals surface area contributed by atoms with Gasteiger partial charge in [0.05, 0.1) is 88.2 Å². The van der Waals surface area contributed by atoms with Gasteiger partial charge in [-0.2, -0.15) is 40.3 Å². The van der Waals surface area contributed by atoms with Crippen molar-refractivity contribution < 1.29 is 14.3 Å². The van der Waals surface area contributed by atoms with E-state index < -0.39 is 9.85 Å². The highest BCUT2D eigenvalue weighted by Gasteiger charge is 2.20. The zero-order valence-electron chi connectivity index (χ0n) is 70.5. The van der Waals surface area contributed by atoms with Gasteiger partial charge in [0.15, 0.2) is 29.0 Å². The first-order valence-electron chi connectivity index (χ1n) is 41.2. The molecule has 135 heavy (non-hydrogen) atoms. The quantitative estimate of drug-likeness (QED) is 0.0197. The van der Waals surface area contributed by atoms with Crippen molar-refractivity contribution in [1.82, 2.24) is 121 Å². The highest BCUT2D eigenvalue weighted by atomic mass is 16.6. The van der Waals surface area contributed by atoms with Crippen LogP contribution in [0.5, 0.6) is 0 Å². The smallest absolute Gasteiger partial charge is 0.271 e. The fraction of sp³-hybridized carbons (Fsp3) is 0.0217. The lowest BCUT2D eigenvalue weighted by Crippen LogP contribution is -2.03. The second-order valence-electron chi connectivity index (χ2n) is 30.1. The van der Waals surface area contributed by atoms with Gasteiger partial charge in [-0.3, -0.25) is 101 Å². The number of anilines is 16. The first-order chi connectivity index (χ1) is 65.8. The molecule has 0 saturated carbocycles. The van der Waals surface area contributed by atoms with Crippen LogP contribution in [-0.2, 0) is 0 Å². The highest BCUT2D eigenvalue weighted by Crippen LogP contribution is 2.35. The maximum absolute atomic E-state index is 11.8. The molecule has 0 radical (unpaired) electrons. The van der Waals surface area contributed by atoms with Crippen LogP contribution >= 0.6 is 0 Å². The van der Waals surface area contributed by atoms with Gasteiger partial charge >= 0.3 is 0 Å². The molecule has 43 nitrogen and oxygen atoms in total. The number of nitro benzene ring substituents is 2. The molecule has 20 N–H and O–H groups in total. The van der Waals surface area contributed by atoms with E-state index in [1.54, 1.807) is 97.3 Å². The summed E-state index contributed by atoms with van der Waals surface area (Å²) in [6.45, 7) is 3.77. The number of aromatic amines is 12. The van der Waals surface area contributed by atoms with Crippen molar-refractivity contribution in [2.75, 3.05) is 42.5 Å². The van der Waals surface area contributed by atoms with Gasteiger partial charge in [0.2, 0.25) is 23.8 Å². The average molecular weight is 1800 g/mol. The van der Waals surface area contributed by atoms with Crippen LogP contribution in [0.25, 0.3) is 111 Å². The summed E-state index contributed by atoms with van der Waals surface area (Å²) in [5.74, 6) is 6.40. The molecule has 43 heteroatoms. The van der Waals surface area contributed by atoms with E-state index in [0.29, 0.717) is 142 Å². The first kappa shape index (κ1) is 84.2. The van der Waals surface area contributed by atoms with Gasteiger partial charge in [-0.15, -0.1) is 0 Å². The van der Waals surface area contributed by atoms with Crippen LogP contribution in [0, 0.1) is 34.1 Å². The molecule has 22 aromatic rings. The topological polar surface area (TPSA) is 608 Å². The van der Waals surface area contributed by atoms with E-state index in [1.807, 2.05) is 172 Å². The molecule has 0 saturated heterocycles. The number of nitrogens with zero attached hydrogens (tertiary/aromatic N) is 14. The van der Waals surface area contributed by atoms with Crippen LogP contribution in [0.1, 0.15) is 11.4 Å². The molecule has 664 valence electrons. The Bertz CT molecular complexity index is 8330. The fourth-order valence-corrected chi connectivity index (χ4v) is 14.2. The lowest BCUT2D eigenvalue weighted by atomic mass is 10.1. The number of fused-ring (bicyclic) bond motifs is 4. The number of H-pyrrole nitrogens is 12. The van der Waals surface area contributed by atoms with E-state index >= 15 is 0 Å². The Morgan fingerprint density at radius 1 is 0.281 bits per heavy atom. The van der Waals surface area contributed by atoms with Crippen LogP contribution in [0.2, 0.25) is 0 Å². The lowest BCUT2D eigenvalue weighted by molar-refractivity contribution is -0.385. The Morgan fingerprint density at radius 2 is 0.615 bits per heavy atom. The van der Waals surface area contributed by atoms with E-state index in [2.05, 4.69) is 164 Å². The molecule has 0 atom stereocenters. The molecular weight excluding hydrogens is 1730 g/mol. The normalized spacial score (nSPS) is 11.0. The van der Waals surface area contributed by atoms with Crippen LogP contribution in [0.15, 0.2) is 303 Å². The van der Waals surface area contributed by atoms with Gasteiger partial charge in [-0.25, -0.2) is 19.9 Å². The Hall–Kier alpha value is -20.3. The number of non-ortho nitro benzene ring substituents is 2. The van der Waals surface area contributed by atoms with Crippen LogP contribution in [-0.4, -0.2) is 131 Å². The predicted molar refractivity (Wildman–Crippen MR) is 512 cm³/mol. The number of benzene rings is 9. The number of nitrogens with one attached hydrogen (secondary N) is 20. The zero-order valence-corrected chi connectivity index (χ0v) is 70.5. The standard InChI is InChI=1S/C26H19N9O3.C24H18N8O2.C21H17N9O3.C21H18N8O/c36-25-19-10-9-17(12-22(19)32-34-25)27-26-28-20(16-7-4-8-18(11-16)35(37)38)13-23(30-26)29-24-14-21(31-33-24)15-5-2-1-3-6-15;33-23-16-9-8-15(11-18(16)29-32-23)25-24-26-17(14-5-2-1-3-6-14)12-21(28-24)27-22-13-19(30-31-22)20-7-4-10-34-20;1-11-7-19(28-26-11)24-18-10-16(12-3-2-4-14(8-12)30(32)33)23-21(25-18)22-13-5-6-15-17(9-13)27-29-20(15)31;1-12-9-18(24-19-11-16(26-28-19)13-5-3-2-4-6-13)25-21(22-12)23-14-7-8-15-17(10-14)27-29-20(15)30/h1-14H,(H2,32,34,36)(H3,27,28,29,30,31,33);1-13H,(H2,29,32,33)(H3,25,26,27,28,30,31);2-10H,1H3,(H2,27,29,31)(H3,22,23,24,25,26,28);2-11H,1H3,(H2,27,29,30)(H3,22,23,24,25,26,28). The van der Waals surface area contributed by atoms with Crippen LogP contribution < -0.4 is 64.8 Å². The molecule has 13 heterocycles. The summed E-state index contributed by atoms with van der Waals surface area (Å²) >= 11 is 0. The number of hydrogen-bond acceptors (Lipinski definition) is 29. The van der Waals surface area contributed by atoms with E-state index in [0.717, 1.165) is 62.2 Å². The van der Waals surface area contributed by atoms with Gasteiger partial charge in [0, 0.05) is 124 Å². The Balaban J connectivity index is 0.000000116. The number of aromatic nitrogens is 24. The molecule has 9 aromatic carbocycles. The molecule has 13 aromatic heterocycles. The van der Waals surface area contributed by atoms with Gasteiger partial charge in [0.25, 0.3) is 33.6 Å². The van der Waals surface area contributed by atoms with E-state index in [1.165, 1.54) is 24.3 Å². The summed E-state index contributed by atoms with van der Waals surface area (Å²) in [6, 6.07) is 81.3. The monoisotopic (exact) mass is 1800 g/mol. The minimum atomic E-state index is -0.456. The molecule has 0 aliphatic carbocycles. The Morgan fingerprint density at radius 3 is 0.978 bits per heavy atom. The summed E-state index contributed by atoms with van der Waals surface area (Å²) in [6.07, 6.45) is 1.61. The van der Waals surface area contributed by atoms with Gasteiger partial charge in [-0.05, 0) is 110 Å². The summed E-state index contributed by atoms with van der Waals surface area (Å²) in [5.41, 5.74) is 14.5. The van der Waals surface area contributed by atoms with Crippen LogP contribution in [0.4, 0.5) is 104 Å². The number of hydrogen-bond donors (Lipinski definition) is 20. The van der Waals surface area contributed by atoms with Crippen molar-refractivity contribution >= 4 is 148 Å². The van der Waals surface area contributed by atoms with Gasteiger partial charge in [-0.1, -0.05) is 115 Å². The highest BCUT2D eigenvalue weighted by molar-refractivity contribution is 5.87. The molecule has 0 aliphatic heterocycles. The van der Waals surface area contributed by atoms with Gasteiger partial charge < -0.3 is 47.0 Å². The maximum Gasteiger partial charge on any atom is 0.271 e. The number of furan rings is 1. The SMILES string of the molecule is Cc1cc(Nc2cc(-c3cccc([N+](=O)[O-])c3)nc(Nc3ccc4c(=O)[nH][nH]c4c3)n2)n[nH]1.Cc1cc(Nc2cc(-c3ccccc3)[nH]n2)nc(Nc2ccc3c(=O)[nH][nH]c3c2)n1.O=c1[nH][nH]c2cc(Nc3nc(Nc4cc(-c5ccccc5)[nH]n4)cc(-c4cccc([N+](=O)[O-])c4)n3)ccc12.O=c1[nH][nH]c2cc(Nc3nc(Nc4cc(-c5ccco5)[nH]n4)cc(-c4ccccc4)n3)ccc12. The molecule has 0 amide bonds. The first-order valence-corrected chi connectivity index (χ1v) is 41.2. The zero-order chi connectivity index (χ0) is 92.4. The maximum atomic E-state index is 11.8. The summed E-state index contributed by atoms with van der Waals surface area (Å²) in [5, 5.41) is 101. The second kappa shape index (κ2) is 37.3. The number of rotatable bonds is 24. The summed E-state index contributed by atoms with van der Waals surface area (Å²) in [7, 11) is 0. The van der Waals surface area contributed by atoms with E-state index in [4.69, 9.17) is 4.42 Å². The van der Waals surface area contributed by atoms with Crippen molar-refractivity contribution in [3.8, 4) is 67.7 Å². The number of aryl methyl sites for hydroxylation is 2. The predicted octanol–water partition coefficient (Wildman–Crippen LogP) is 17.5. The average Bonchev–Trinajstić information content (AvgIpc) is 1.80. The van der Waals surface area contributed by atoms with Crippen molar-refractivity contribution in [2.24, 2.45) is 0 Å². The molecular formula is C92H72N34O9. The molecule has 0 aliphatic rings. The van der Waals surface area contributed by atoms with Crippen LogP contribution in [0.3, 0.4) is 0 Å². The third-order valence-electron chi connectivity index (χ3n) is 20.6.